The summed E-state index contributed by atoms with van der Waals surface area (Å²) in [4.78, 5) is 4.75. The number of hydrogen-bond donors (Lipinski definition) is 1. The van der Waals surface area contributed by atoms with E-state index in [1.165, 1.54) is 5.56 Å². The number of benzene rings is 2. The Balaban J connectivity index is 1.41. The number of nitrogens with two attached hydrogens (primary N) is 1. The summed E-state index contributed by atoms with van der Waals surface area (Å²) in [5.41, 5.74) is 10.3. The van der Waals surface area contributed by atoms with Gasteiger partial charge in [0.15, 0.2) is 11.4 Å². The lowest BCUT2D eigenvalue weighted by atomic mass is 10.1. The number of rotatable bonds is 8. The first-order valence-electron chi connectivity index (χ1n) is 9.88. The Morgan fingerprint density at radius 1 is 0.967 bits per heavy atom. The third-order valence-electron chi connectivity index (χ3n) is 4.78. The molecule has 2 N–H and O–H groups in total. The summed E-state index contributed by atoms with van der Waals surface area (Å²) in [6.07, 6.45) is 4.69. The van der Waals surface area contributed by atoms with Crippen LogP contribution < -0.4 is 19.9 Å². The van der Waals surface area contributed by atoms with Crippen LogP contribution >= 0.6 is 0 Å². The van der Waals surface area contributed by atoms with E-state index in [4.69, 9.17) is 24.9 Å². The molecule has 154 valence electrons. The van der Waals surface area contributed by atoms with Crippen LogP contribution in [0.15, 0.2) is 67.0 Å². The highest BCUT2D eigenvalue weighted by Crippen LogP contribution is 2.29. The number of methoxy groups -OCH3 is 1. The lowest BCUT2D eigenvalue weighted by Crippen LogP contribution is -2.05. The van der Waals surface area contributed by atoms with E-state index in [1.54, 1.807) is 7.11 Å². The number of imidazole rings is 1. The number of fused-ring (bicyclic) bond motifs is 1. The maximum atomic E-state index is 6.04. The van der Waals surface area contributed by atoms with E-state index in [0.717, 1.165) is 34.8 Å². The molecule has 0 amide bonds. The standard InChI is InChI=1S/C24H25N3O3/c1-17-6-3-7-19(14-17)29-12-5-13-30-23-8-4-11-27-16-21(26-24(23)27)18-9-10-22(28-2)20(25)15-18/h3-4,6-11,14-16H,5,12-13,25H2,1-2H3. The van der Waals surface area contributed by atoms with Gasteiger partial charge in [-0.05, 0) is 55.0 Å². The fourth-order valence-electron chi connectivity index (χ4n) is 3.27. The molecule has 0 spiro atoms. The monoisotopic (exact) mass is 403 g/mol. The highest BCUT2D eigenvalue weighted by molar-refractivity contribution is 5.71. The molecule has 0 atom stereocenters. The van der Waals surface area contributed by atoms with Crippen molar-refractivity contribution in [2.75, 3.05) is 26.1 Å². The van der Waals surface area contributed by atoms with Gasteiger partial charge in [-0.1, -0.05) is 12.1 Å². The summed E-state index contributed by atoms with van der Waals surface area (Å²) in [6, 6.07) is 17.6. The zero-order valence-electron chi connectivity index (χ0n) is 17.2. The SMILES string of the molecule is COc1ccc(-c2cn3cccc(OCCCOc4cccc(C)c4)c3n2)cc1N. The molecule has 6 nitrogen and oxygen atoms in total. The van der Waals surface area contributed by atoms with Crippen LogP contribution in [0.2, 0.25) is 0 Å². The van der Waals surface area contributed by atoms with Gasteiger partial charge in [-0.25, -0.2) is 4.98 Å². The second kappa shape index (κ2) is 8.78. The van der Waals surface area contributed by atoms with E-state index in [0.29, 0.717) is 24.7 Å². The van der Waals surface area contributed by atoms with Crippen molar-refractivity contribution >= 4 is 11.3 Å². The van der Waals surface area contributed by atoms with E-state index in [9.17, 15) is 0 Å². The number of hydrogen-bond acceptors (Lipinski definition) is 5. The van der Waals surface area contributed by atoms with Gasteiger partial charge < -0.3 is 24.3 Å². The van der Waals surface area contributed by atoms with Crippen LogP contribution in [0.25, 0.3) is 16.9 Å². The summed E-state index contributed by atoms with van der Waals surface area (Å²) in [5, 5.41) is 0. The molecule has 0 saturated heterocycles. The molecule has 0 fully saturated rings. The first-order chi connectivity index (χ1) is 14.6. The van der Waals surface area contributed by atoms with Gasteiger partial charge in [-0.3, -0.25) is 0 Å². The van der Waals surface area contributed by atoms with Crippen molar-refractivity contribution in [2.45, 2.75) is 13.3 Å². The number of ether oxygens (including phenoxy) is 3. The lowest BCUT2D eigenvalue weighted by Gasteiger charge is -2.09. The molecule has 4 rings (SSSR count). The number of pyridine rings is 1. The van der Waals surface area contributed by atoms with Crippen molar-refractivity contribution in [1.82, 2.24) is 9.38 Å². The molecule has 0 bridgehead atoms. The highest BCUT2D eigenvalue weighted by atomic mass is 16.5. The van der Waals surface area contributed by atoms with Crippen LogP contribution in [-0.4, -0.2) is 29.7 Å². The Labute approximate surface area is 175 Å². The number of anilines is 1. The van der Waals surface area contributed by atoms with E-state index in [1.807, 2.05) is 65.3 Å². The summed E-state index contributed by atoms with van der Waals surface area (Å²) < 4.78 is 18.9. The van der Waals surface area contributed by atoms with Gasteiger partial charge in [0.2, 0.25) is 0 Å². The quantitative estimate of drug-likeness (QED) is 0.340. The van der Waals surface area contributed by atoms with Gasteiger partial charge >= 0.3 is 0 Å². The van der Waals surface area contributed by atoms with Crippen molar-refractivity contribution < 1.29 is 14.2 Å². The molecule has 6 heteroatoms. The molecular weight excluding hydrogens is 378 g/mol. The molecule has 2 aromatic carbocycles. The Bertz CT molecular complexity index is 1150. The Kier molecular flexibility index (Phi) is 5.75. The number of aryl methyl sites for hydroxylation is 1. The molecule has 0 unspecified atom stereocenters. The lowest BCUT2D eigenvalue weighted by molar-refractivity contribution is 0.248. The minimum absolute atomic E-state index is 0.545. The summed E-state index contributed by atoms with van der Waals surface area (Å²) in [7, 11) is 1.60. The summed E-state index contributed by atoms with van der Waals surface area (Å²) in [6.45, 7) is 3.19. The van der Waals surface area contributed by atoms with Crippen LogP contribution in [0.3, 0.4) is 0 Å². The Morgan fingerprint density at radius 3 is 2.63 bits per heavy atom. The molecule has 0 radical (unpaired) electrons. The van der Waals surface area contributed by atoms with Crippen LogP contribution in [0.4, 0.5) is 5.69 Å². The third kappa shape index (κ3) is 4.33. The van der Waals surface area contributed by atoms with E-state index >= 15 is 0 Å². The molecule has 0 aliphatic rings. The van der Waals surface area contributed by atoms with Crippen LogP contribution in [-0.2, 0) is 0 Å². The number of nitrogen functional groups attached to an aromatic ring is 1. The minimum Gasteiger partial charge on any atom is -0.495 e. The topological polar surface area (TPSA) is 71.0 Å². The minimum atomic E-state index is 0.545. The number of nitrogens with zero attached hydrogens (tertiary/aromatic N) is 2. The summed E-state index contributed by atoms with van der Waals surface area (Å²) >= 11 is 0. The third-order valence-corrected chi connectivity index (χ3v) is 4.78. The highest BCUT2D eigenvalue weighted by Gasteiger charge is 2.10. The molecule has 2 aromatic heterocycles. The van der Waals surface area contributed by atoms with Crippen LogP contribution in [0.5, 0.6) is 17.2 Å². The average molecular weight is 403 g/mol. The average Bonchev–Trinajstić information content (AvgIpc) is 3.19. The van der Waals surface area contributed by atoms with Crippen molar-refractivity contribution in [1.29, 1.82) is 0 Å². The predicted molar refractivity (Wildman–Crippen MR) is 118 cm³/mol. The van der Waals surface area contributed by atoms with Crippen molar-refractivity contribution in [3.63, 3.8) is 0 Å². The van der Waals surface area contributed by atoms with Gasteiger partial charge in [-0.15, -0.1) is 0 Å². The van der Waals surface area contributed by atoms with Gasteiger partial charge in [0.1, 0.15) is 11.5 Å². The maximum Gasteiger partial charge on any atom is 0.180 e. The zero-order chi connectivity index (χ0) is 20.9. The molecule has 2 heterocycles. The normalized spacial score (nSPS) is 10.9. The second-order valence-corrected chi connectivity index (χ2v) is 7.05. The number of aromatic nitrogens is 2. The first-order valence-corrected chi connectivity index (χ1v) is 9.88. The molecule has 4 aromatic rings. The predicted octanol–water partition coefficient (Wildman–Crippen LogP) is 4.75. The zero-order valence-corrected chi connectivity index (χ0v) is 17.2. The van der Waals surface area contributed by atoms with Gasteiger partial charge in [0, 0.05) is 24.4 Å². The molecule has 0 aliphatic carbocycles. The van der Waals surface area contributed by atoms with E-state index in [-0.39, 0.29) is 0 Å². The van der Waals surface area contributed by atoms with E-state index in [2.05, 4.69) is 13.0 Å². The summed E-state index contributed by atoms with van der Waals surface area (Å²) in [5.74, 6) is 2.27. The maximum absolute atomic E-state index is 6.04. The van der Waals surface area contributed by atoms with Gasteiger partial charge in [-0.2, -0.15) is 0 Å². The fraction of sp³-hybridized carbons (Fsp3) is 0.208. The molecule has 0 aliphatic heterocycles. The van der Waals surface area contributed by atoms with Crippen LogP contribution in [0, 0.1) is 6.92 Å². The smallest absolute Gasteiger partial charge is 0.180 e. The second-order valence-electron chi connectivity index (χ2n) is 7.05. The van der Waals surface area contributed by atoms with Crippen LogP contribution in [0.1, 0.15) is 12.0 Å². The Morgan fingerprint density at radius 2 is 1.83 bits per heavy atom. The van der Waals surface area contributed by atoms with Crippen molar-refractivity contribution in [3.05, 3.63) is 72.6 Å². The van der Waals surface area contributed by atoms with Crippen molar-refractivity contribution in [3.8, 4) is 28.5 Å². The molecule has 0 saturated carbocycles. The largest absolute Gasteiger partial charge is 0.495 e. The van der Waals surface area contributed by atoms with Gasteiger partial charge in [0.25, 0.3) is 0 Å². The molecular formula is C24H25N3O3. The van der Waals surface area contributed by atoms with Gasteiger partial charge in [0.05, 0.1) is 31.7 Å². The molecule has 30 heavy (non-hydrogen) atoms. The van der Waals surface area contributed by atoms with E-state index < -0.39 is 0 Å². The Hall–Kier alpha value is -3.67. The van der Waals surface area contributed by atoms with Crippen molar-refractivity contribution in [2.24, 2.45) is 0 Å². The fourth-order valence-corrected chi connectivity index (χ4v) is 3.27. The first kappa shape index (κ1) is 19.6.